The van der Waals surface area contributed by atoms with Gasteiger partial charge in [0, 0.05) is 24.8 Å². The molecule has 7 nitrogen and oxygen atoms in total. The Kier molecular flexibility index (Phi) is 7.19. The topological polar surface area (TPSA) is 94.2 Å². The summed E-state index contributed by atoms with van der Waals surface area (Å²) < 4.78 is 41.5. The first-order chi connectivity index (χ1) is 18.7. The van der Waals surface area contributed by atoms with Crippen molar-refractivity contribution in [2.45, 2.75) is 24.7 Å². The van der Waals surface area contributed by atoms with Gasteiger partial charge in [0.2, 0.25) is 0 Å². The van der Waals surface area contributed by atoms with E-state index in [9.17, 15) is 28.3 Å². The van der Waals surface area contributed by atoms with Crippen molar-refractivity contribution in [2.75, 3.05) is 18.4 Å². The Bertz CT molecular complexity index is 1530. The third-order valence-electron chi connectivity index (χ3n) is 6.59. The lowest BCUT2D eigenvalue weighted by Crippen LogP contribution is -2.28. The van der Waals surface area contributed by atoms with Crippen molar-refractivity contribution in [3.05, 3.63) is 113 Å². The van der Waals surface area contributed by atoms with Crippen molar-refractivity contribution < 1.29 is 23.1 Å². The maximum Gasteiger partial charge on any atom is 0.435 e. The second-order valence-corrected chi connectivity index (χ2v) is 9.32. The van der Waals surface area contributed by atoms with Crippen LogP contribution in [0.15, 0.2) is 84.9 Å². The van der Waals surface area contributed by atoms with Gasteiger partial charge in [0.25, 0.3) is 5.91 Å². The van der Waals surface area contributed by atoms with Gasteiger partial charge >= 0.3 is 6.18 Å². The summed E-state index contributed by atoms with van der Waals surface area (Å²) in [4.78, 5) is 15.5. The lowest BCUT2D eigenvalue weighted by molar-refractivity contribution is -0.141. The van der Waals surface area contributed by atoms with Crippen LogP contribution in [-0.2, 0) is 6.18 Å². The molecule has 1 aliphatic heterocycles. The van der Waals surface area contributed by atoms with Gasteiger partial charge in [-0.1, -0.05) is 48.5 Å². The summed E-state index contributed by atoms with van der Waals surface area (Å²) in [6, 6.07) is 25.2. The molecule has 1 aliphatic rings. The number of hydrogen-bond acceptors (Lipinski definition) is 5. The Morgan fingerprint density at radius 2 is 1.77 bits per heavy atom. The summed E-state index contributed by atoms with van der Waals surface area (Å²) in [6.45, 7) is 1.19. The Hall–Kier alpha value is -4.46. The molecule has 0 bridgehead atoms. The molecule has 39 heavy (non-hydrogen) atoms. The van der Waals surface area contributed by atoms with Crippen LogP contribution in [0.4, 0.5) is 18.9 Å². The van der Waals surface area contributed by atoms with Crippen molar-refractivity contribution in [1.29, 1.82) is 5.26 Å². The van der Waals surface area contributed by atoms with Gasteiger partial charge in [0.15, 0.2) is 5.69 Å². The van der Waals surface area contributed by atoms with Gasteiger partial charge < -0.3 is 10.4 Å². The fourth-order valence-electron chi connectivity index (χ4n) is 4.82. The van der Waals surface area contributed by atoms with E-state index in [0.717, 1.165) is 15.8 Å². The summed E-state index contributed by atoms with van der Waals surface area (Å²) in [5.41, 5.74) is 1.09. The van der Waals surface area contributed by atoms with Gasteiger partial charge in [0.05, 0.1) is 29.5 Å². The van der Waals surface area contributed by atoms with Crippen LogP contribution in [0.3, 0.4) is 0 Å². The highest BCUT2D eigenvalue weighted by Crippen LogP contribution is 2.33. The molecular weight excluding hydrogens is 507 g/mol. The maximum atomic E-state index is 13.5. The van der Waals surface area contributed by atoms with Crippen LogP contribution < -0.4 is 5.32 Å². The molecule has 2 N–H and O–H groups in total. The van der Waals surface area contributed by atoms with Crippen molar-refractivity contribution in [1.82, 2.24) is 14.7 Å². The van der Waals surface area contributed by atoms with Crippen LogP contribution in [0.25, 0.3) is 5.69 Å². The number of aliphatic hydroxyl groups excluding tert-OH is 1. The number of aromatic nitrogens is 2. The number of β-amino-alcohol motifs (C(OH)–C–C–N with tert-alkyl or cyclic N) is 1. The third kappa shape index (κ3) is 5.70. The summed E-state index contributed by atoms with van der Waals surface area (Å²) in [5, 5.41) is 25.7. The maximum absolute atomic E-state index is 13.5. The predicted molar refractivity (Wildman–Crippen MR) is 138 cm³/mol. The number of anilines is 1. The molecule has 5 rings (SSSR count). The number of nitrogens with zero attached hydrogens (tertiary/aromatic N) is 4. The van der Waals surface area contributed by atoms with Gasteiger partial charge in [-0.25, -0.2) is 4.68 Å². The van der Waals surface area contributed by atoms with E-state index < -0.39 is 23.9 Å². The first-order valence-electron chi connectivity index (χ1n) is 12.3. The molecule has 1 amide bonds. The Balaban J connectivity index is 1.48. The minimum Gasteiger partial charge on any atom is -0.392 e. The Morgan fingerprint density at radius 3 is 2.46 bits per heavy atom. The van der Waals surface area contributed by atoms with Crippen LogP contribution in [0.2, 0.25) is 0 Å². The molecule has 0 radical (unpaired) electrons. The number of nitrogens with one attached hydrogen (secondary N) is 1. The van der Waals surface area contributed by atoms with Crippen molar-refractivity contribution in [3.63, 3.8) is 0 Å². The highest BCUT2D eigenvalue weighted by atomic mass is 19.4. The SMILES string of the molecule is N#Cc1cccc(-n2nc(C(F)(F)F)cc2C(=O)Nc2cccc(C(c3ccccc3)N3CCC(O)C3)c2)c1. The number of benzene rings is 3. The second kappa shape index (κ2) is 10.7. The highest BCUT2D eigenvalue weighted by molar-refractivity contribution is 6.03. The van der Waals surface area contributed by atoms with Gasteiger partial charge in [0.1, 0.15) is 5.69 Å². The van der Waals surface area contributed by atoms with E-state index in [0.29, 0.717) is 31.3 Å². The zero-order chi connectivity index (χ0) is 27.6. The average Bonchev–Trinajstić information content (AvgIpc) is 3.57. The number of halogens is 3. The number of carbonyl (C=O) groups excluding carboxylic acids is 1. The minimum absolute atomic E-state index is 0.153. The van der Waals surface area contributed by atoms with Crippen molar-refractivity contribution in [2.24, 2.45) is 0 Å². The molecule has 10 heteroatoms. The van der Waals surface area contributed by atoms with Gasteiger partial charge in [-0.2, -0.15) is 23.5 Å². The minimum atomic E-state index is -4.77. The smallest absolute Gasteiger partial charge is 0.392 e. The average molecular weight is 532 g/mol. The van der Waals surface area contributed by atoms with Gasteiger partial charge in [-0.3, -0.25) is 9.69 Å². The Morgan fingerprint density at radius 1 is 1.03 bits per heavy atom. The highest BCUT2D eigenvalue weighted by Gasteiger charge is 2.36. The van der Waals surface area contributed by atoms with Crippen LogP contribution in [0.1, 0.15) is 45.3 Å². The number of amides is 1. The molecule has 2 heterocycles. The molecule has 1 fully saturated rings. The van der Waals surface area contributed by atoms with E-state index in [4.69, 9.17) is 0 Å². The molecule has 3 aromatic carbocycles. The van der Waals surface area contributed by atoms with Crippen molar-refractivity contribution in [3.8, 4) is 11.8 Å². The molecule has 198 valence electrons. The molecule has 4 aromatic rings. The van der Waals surface area contributed by atoms with E-state index in [1.54, 1.807) is 18.2 Å². The van der Waals surface area contributed by atoms with Crippen LogP contribution in [0, 0.1) is 11.3 Å². The number of carbonyl (C=O) groups is 1. The molecule has 0 aliphatic carbocycles. The third-order valence-corrected chi connectivity index (χ3v) is 6.59. The zero-order valence-corrected chi connectivity index (χ0v) is 20.6. The molecular formula is C29H24F3N5O2. The largest absolute Gasteiger partial charge is 0.435 e. The van der Waals surface area contributed by atoms with E-state index >= 15 is 0 Å². The normalized spacial score (nSPS) is 16.5. The molecule has 2 atom stereocenters. The van der Waals surface area contributed by atoms with Crippen LogP contribution >= 0.6 is 0 Å². The molecule has 1 saturated heterocycles. The summed E-state index contributed by atoms with van der Waals surface area (Å²) in [7, 11) is 0. The first kappa shape index (κ1) is 26.2. The summed E-state index contributed by atoms with van der Waals surface area (Å²) in [6.07, 6.45) is -4.55. The number of rotatable bonds is 6. The molecule has 1 aromatic heterocycles. The van der Waals surface area contributed by atoms with E-state index in [-0.39, 0.29) is 23.0 Å². The molecule has 0 spiro atoms. The van der Waals surface area contributed by atoms with Gasteiger partial charge in [-0.05, 0) is 47.9 Å². The number of likely N-dealkylation sites (tertiary alicyclic amines) is 1. The standard InChI is InChI=1S/C29H24F3N5O2/c30-29(31,32)26-16-25(37(35-26)23-11-4-6-19(14-23)17-33)28(39)34-22-10-5-9-21(15-22)27(20-7-2-1-3-8-20)36-13-12-24(38)18-36/h1-11,14-16,24,27,38H,12-13,18H2,(H,34,39). The second-order valence-electron chi connectivity index (χ2n) is 9.32. The fourth-order valence-corrected chi connectivity index (χ4v) is 4.82. The lowest BCUT2D eigenvalue weighted by Gasteiger charge is -2.29. The molecule has 0 saturated carbocycles. The zero-order valence-electron chi connectivity index (χ0n) is 20.6. The first-order valence-corrected chi connectivity index (χ1v) is 12.3. The Labute approximate surface area is 222 Å². The summed E-state index contributed by atoms with van der Waals surface area (Å²) in [5.74, 6) is -0.787. The number of alkyl halides is 3. The van der Waals surface area contributed by atoms with Crippen LogP contribution in [0.5, 0.6) is 0 Å². The number of nitriles is 1. The van der Waals surface area contributed by atoms with E-state index in [1.165, 1.54) is 24.3 Å². The number of aliphatic hydroxyl groups is 1. The summed E-state index contributed by atoms with van der Waals surface area (Å²) >= 11 is 0. The van der Waals surface area contributed by atoms with Crippen LogP contribution in [-0.4, -0.2) is 44.9 Å². The number of hydrogen-bond donors (Lipinski definition) is 2. The quantitative estimate of drug-likeness (QED) is 0.358. The monoisotopic (exact) mass is 531 g/mol. The van der Waals surface area contributed by atoms with Gasteiger partial charge in [-0.15, -0.1) is 0 Å². The van der Waals surface area contributed by atoms with E-state index in [1.807, 2.05) is 42.5 Å². The van der Waals surface area contributed by atoms with Crippen molar-refractivity contribution >= 4 is 11.6 Å². The lowest BCUT2D eigenvalue weighted by atomic mass is 9.97. The molecule has 2 unspecified atom stereocenters. The van der Waals surface area contributed by atoms with E-state index in [2.05, 4.69) is 15.3 Å². The fraction of sp³-hybridized carbons (Fsp3) is 0.207. The predicted octanol–water partition coefficient (Wildman–Crippen LogP) is 5.17.